The first kappa shape index (κ1) is 13.2. The summed E-state index contributed by atoms with van der Waals surface area (Å²) in [6, 6.07) is 1.40. The predicted octanol–water partition coefficient (Wildman–Crippen LogP) is 4.23. The Bertz CT molecular complexity index is 424. The molecule has 0 bridgehead atoms. The van der Waals surface area contributed by atoms with Gasteiger partial charge in [0.15, 0.2) is 5.82 Å². The lowest BCUT2D eigenvalue weighted by atomic mass is 10.3. The van der Waals surface area contributed by atoms with Crippen molar-refractivity contribution in [1.82, 2.24) is 0 Å². The van der Waals surface area contributed by atoms with Crippen LogP contribution in [0, 0.1) is 5.82 Å². The molecule has 0 saturated heterocycles. The molecule has 0 aliphatic heterocycles. The van der Waals surface area contributed by atoms with Gasteiger partial charge in [0, 0.05) is 4.47 Å². The number of halogens is 5. The monoisotopic (exact) mass is 376 g/mol. The van der Waals surface area contributed by atoms with Gasteiger partial charge in [-0.05, 0) is 37.9 Å². The number of rotatable bonds is 2. The van der Waals surface area contributed by atoms with Crippen molar-refractivity contribution in [2.45, 2.75) is 0 Å². The molecule has 0 saturated carbocycles. The molecule has 0 spiro atoms. The van der Waals surface area contributed by atoms with Gasteiger partial charge in [0.2, 0.25) is 0 Å². The second kappa shape index (κ2) is 5.48. The van der Waals surface area contributed by atoms with Crippen molar-refractivity contribution in [3.05, 3.63) is 25.9 Å². The highest BCUT2D eigenvalue weighted by atomic mass is 79.9. The quantitative estimate of drug-likeness (QED) is 0.270. The van der Waals surface area contributed by atoms with Crippen LogP contribution >= 0.6 is 55.1 Å². The number of hydrogen-bond acceptors (Lipinski definition) is 1. The van der Waals surface area contributed by atoms with Gasteiger partial charge in [0.25, 0.3) is 0 Å². The molecule has 0 atom stereocenters. The van der Waals surface area contributed by atoms with E-state index < -0.39 is 5.82 Å². The van der Waals surface area contributed by atoms with Crippen LogP contribution in [0.3, 0.4) is 0 Å². The number of amidine groups is 1. The fourth-order valence-electron chi connectivity index (χ4n) is 0.833. The minimum atomic E-state index is -0.582. The normalized spacial score (nSPS) is 11.9. The van der Waals surface area contributed by atoms with Gasteiger partial charge in [0.05, 0.1) is 21.1 Å². The summed E-state index contributed by atoms with van der Waals surface area (Å²) < 4.78 is 14.1. The highest BCUT2D eigenvalue weighted by Crippen LogP contribution is 2.39. The molecule has 1 rings (SSSR count). The molecular weight excluding hydrogens is 374 g/mol. The van der Waals surface area contributed by atoms with E-state index in [-0.39, 0.29) is 21.2 Å². The Balaban J connectivity index is 3.36. The van der Waals surface area contributed by atoms with Crippen LogP contribution in [0.15, 0.2) is 20.0 Å². The van der Waals surface area contributed by atoms with E-state index in [0.717, 1.165) is 0 Å². The molecule has 82 valence electrons. The first-order valence-electron chi connectivity index (χ1n) is 3.69. The van der Waals surface area contributed by atoms with Crippen molar-refractivity contribution >= 4 is 66.6 Å². The minimum absolute atomic E-state index is 0.00264. The molecule has 0 aromatic heterocycles. The Hall–Kier alpha value is 0.160. The van der Waals surface area contributed by atoms with E-state index in [4.69, 9.17) is 28.9 Å². The summed E-state index contributed by atoms with van der Waals surface area (Å²) in [5.41, 5.74) is 5.78. The van der Waals surface area contributed by atoms with Crippen LogP contribution in [0.4, 0.5) is 10.1 Å². The molecule has 0 fully saturated rings. The Kier molecular flexibility index (Phi) is 4.83. The molecule has 0 aliphatic rings. The van der Waals surface area contributed by atoms with E-state index in [1.54, 1.807) is 0 Å². The zero-order valence-corrected chi connectivity index (χ0v) is 11.9. The van der Waals surface area contributed by atoms with Crippen molar-refractivity contribution in [2.24, 2.45) is 10.7 Å². The van der Waals surface area contributed by atoms with E-state index in [0.29, 0.717) is 10.2 Å². The molecule has 0 radical (unpaired) electrons. The van der Waals surface area contributed by atoms with Crippen molar-refractivity contribution in [2.75, 3.05) is 5.88 Å². The van der Waals surface area contributed by atoms with Gasteiger partial charge in [-0.1, -0.05) is 11.6 Å². The molecule has 1 aromatic rings. The van der Waals surface area contributed by atoms with Crippen LogP contribution in [0.1, 0.15) is 0 Å². The maximum Gasteiger partial charge on any atom is 0.158 e. The molecular formula is C8H5Br2Cl2FN2. The van der Waals surface area contributed by atoms with Gasteiger partial charge in [-0.25, -0.2) is 9.38 Å². The summed E-state index contributed by atoms with van der Waals surface area (Å²) in [7, 11) is 0. The molecule has 0 heterocycles. The van der Waals surface area contributed by atoms with E-state index in [1.807, 2.05) is 0 Å². The third-order valence-electron chi connectivity index (χ3n) is 1.48. The second-order valence-electron chi connectivity index (χ2n) is 2.55. The van der Waals surface area contributed by atoms with Gasteiger partial charge < -0.3 is 5.73 Å². The van der Waals surface area contributed by atoms with Crippen LogP contribution in [0.5, 0.6) is 0 Å². The Labute approximate surface area is 113 Å². The first-order valence-corrected chi connectivity index (χ1v) is 6.19. The van der Waals surface area contributed by atoms with Crippen molar-refractivity contribution in [1.29, 1.82) is 0 Å². The third kappa shape index (κ3) is 3.06. The smallest absolute Gasteiger partial charge is 0.158 e. The molecule has 7 heteroatoms. The lowest BCUT2D eigenvalue weighted by Gasteiger charge is -2.05. The summed E-state index contributed by atoms with van der Waals surface area (Å²) in [6.07, 6.45) is 0. The van der Waals surface area contributed by atoms with Gasteiger partial charge >= 0.3 is 0 Å². The maximum atomic E-state index is 13.4. The average Bonchev–Trinajstić information content (AvgIpc) is 2.21. The Morgan fingerprint density at radius 2 is 2.13 bits per heavy atom. The van der Waals surface area contributed by atoms with Gasteiger partial charge in [-0.15, -0.1) is 11.6 Å². The Morgan fingerprint density at radius 3 is 2.67 bits per heavy atom. The highest BCUT2D eigenvalue weighted by Gasteiger charge is 2.14. The average molecular weight is 379 g/mol. The summed E-state index contributed by atoms with van der Waals surface area (Å²) in [5, 5.41) is -0.00264. The molecule has 2 nitrogen and oxygen atoms in total. The number of nitrogens with zero attached hydrogens (tertiary/aromatic N) is 1. The standard InChI is InChI=1S/C8H5Br2Cl2FN2/c9-3-1-4(12)7(13)6(10)8(3)15-5(14)2-11/h1H,2H2,(H2,14,15). The number of aliphatic imine (C=N–C) groups is 1. The van der Waals surface area contributed by atoms with Crippen molar-refractivity contribution in [3.8, 4) is 0 Å². The van der Waals surface area contributed by atoms with E-state index >= 15 is 0 Å². The molecule has 0 unspecified atom stereocenters. The van der Waals surface area contributed by atoms with Crippen LogP contribution in [-0.4, -0.2) is 11.7 Å². The lowest BCUT2D eigenvalue weighted by molar-refractivity contribution is 0.621. The SMILES string of the molecule is NC(CCl)=Nc1c(Br)cc(Cl)c(F)c1Br. The molecule has 2 N–H and O–H groups in total. The maximum absolute atomic E-state index is 13.4. The molecule has 0 amide bonds. The molecule has 15 heavy (non-hydrogen) atoms. The number of alkyl halides is 1. The fraction of sp³-hybridized carbons (Fsp3) is 0.125. The highest BCUT2D eigenvalue weighted by molar-refractivity contribution is 9.11. The fourth-order valence-corrected chi connectivity index (χ4v) is 2.64. The van der Waals surface area contributed by atoms with Crippen molar-refractivity contribution in [3.63, 3.8) is 0 Å². The summed E-state index contributed by atoms with van der Waals surface area (Å²) >= 11 is 17.3. The molecule has 1 aromatic carbocycles. The number of benzene rings is 1. The zero-order chi connectivity index (χ0) is 11.6. The molecule has 0 aliphatic carbocycles. The third-order valence-corrected chi connectivity index (χ3v) is 3.36. The number of hydrogen-bond donors (Lipinski definition) is 1. The predicted molar refractivity (Wildman–Crippen MR) is 68.8 cm³/mol. The van der Waals surface area contributed by atoms with Gasteiger partial charge in [-0.2, -0.15) is 0 Å². The Morgan fingerprint density at radius 1 is 1.53 bits per heavy atom. The second-order valence-corrected chi connectivity index (χ2v) is 4.88. The summed E-state index contributed by atoms with van der Waals surface area (Å²) in [6.45, 7) is 0. The summed E-state index contributed by atoms with van der Waals surface area (Å²) in [4.78, 5) is 3.95. The van der Waals surface area contributed by atoms with Gasteiger partial charge in [-0.3, -0.25) is 0 Å². The topological polar surface area (TPSA) is 38.4 Å². The lowest BCUT2D eigenvalue weighted by Crippen LogP contribution is -2.12. The van der Waals surface area contributed by atoms with Crippen LogP contribution in [0.2, 0.25) is 5.02 Å². The first-order chi connectivity index (χ1) is 6.97. The van der Waals surface area contributed by atoms with E-state index in [9.17, 15) is 4.39 Å². The number of nitrogens with two attached hydrogens (primary N) is 1. The largest absolute Gasteiger partial charge is 0.386 e. The summed E-state index contributed by atoms with van der Waals surface area (Å²) in [5.74, 6) is -0.316. The van der Waals surface area contributed by atoms with E-state index in [1.165, 1.54) is 6.07 Å². The zero-order valence-electron chi connectivity index (χ0n) is 7.20. The van der Waals surface area contributed by atoms with Crippen molar-refractivity contribution < 1.29 is 4.39 Å². The van der Waals surface area contributed by atoms with Gasteiger partial charge in [0.1, 0.15) is 5.84 Å². The van der Waals surface area contributed by atoms with Crippen LogP contribution in [0.25, 0.3) is 0 Å². The van der Waals surface area contributed by atoms with Crippen LogP contribution < -0.4 is 5.73 Å². The van der Waals surface area contributed by atoms with Crippen LogP contribution in [-0.2, 0) is 0 Å². The van der Waals surface area contributed by atoms with E-state index in [2.05, 4.69) is 36.9 Å². The minimum Gasteiger partial charge on any atom is -0.386 e.